The zero-order valence-electron chi connectivity index (χ0n) is 17.1. The molecule has 30 heavy (non-hydrogen) atoms. The van der Waals surface area contributed by atoms with Gasteiger partial charge in [0.2, 0.25) is 0 Å². The first-order chi connectivity index (χ1) is 14.2. The molecule has 156 valence electrons. The topological polar surface area (TPSA) is 82.6 Å². The Morgan fingerprint density at radius 2 is 1.97 bits per heavy atom. The van der Waals surface area contributed by atoms with E-state index >= 15 is 0 Å². The lowest BCUT2D eigenvalue weighted by atomic mass is 10.0. The fourth-order valence-corrected chi connectivity index (χ4v) is 5.44. The molecule has 0 aliphatic carbocycles. The number of thiophene rings is 2. The highest BCUT2D eigenvalue weighted by Crippen LogP contribution is 2.43. The average Bonchev–Trinajstić information content (AvgIpc) is 3.34. The van der Waals surface area contributed by atoms with Gasteiger partial charge < -0.3 is 14.8 Å². The van der Waals surface area contributed by atoms with Crippen LogP contribution in [0.2, 0.25) is 0 Å². The van der Waals surface area contributed by atoms with Gasteiger partial charge in [0.25, 0.3) is 5.56 Å². The first-order valence-corrected chi connectivity index (χ1v) is 11.1. The first-order valence-electron chi connectivity index (χ1n) is 9.40. The van der Waals surface area contributed by atoms with Gasteiger partial charge in [0, 0.05) is 37.1 Å². The molecule has 0 aliphatic heterocycles. The summed E-state index contributed by atoms with van der Waals surface area (Å²) in [5.41, 5.74) is 1.05. The fourth-order valence-electron chi connectivity index (χ4n) is 3.59. The third kappa shape index (κ3) is 3.46. The van der Waals surface area contributed by atoms with Gasteiger partial charge >= 0.3 is 6.09 Å². The molecule has 1 aromatic carbocycles. The Kier molecular flexibility index (Phi) is 5.07. The number of ether oxygens (including phenoxy) is 1. The van der Waals surface area contributed by atoms with Crippen molar-refractivity contribution in [1.82, 2.24) is 9.88 Å². The SMILES string of the molecule is COc1ccc2[nH]c(=O)c3sccc3c2c1-c1ccc(CN(C(=O)O)C(C)(C)C)s1. The van der Waals surface area contributed by atoms with Gasteiger partial charge in [-0.15, -0.1) is 22.7 Å². The van der Waals surface area contributed by atoms with Crippen molar-refractivity contribution in [2.24, 2.45) is 0 Å². The normalized spacial score (nSPS) is 11.9. The lowest BCUT2D eigenvalue weighted by molar-refractivity contribution is 0.0962. The molecule has 0 aliphatic rings. The van der Waals surface area contributed by atoms with Crippen LogP contribution in [-0.2, 0) is 6.54 Å². The number of aromatic nitrogens is 1. The van der Waals surface area contributed by atoms with E-state index < -0.39 is 11.6 Å². The van der Waals surface area contributed by atoms with Gasteiger partial charge in [-0.3, -0.25) is 9.69 Å². The van der Waals surface area contributed by atoms with Crippen LogP contribution in [0.4, 0.5) is 4.79 Å². The monoisotopic (exact) mass is 442 g/mol. The van der Waals surface area contributed by atoms with E-state index in [4.69, 9.17) is 4.74 Å². The number of H-pyrrole nitrogens is 1. The van der Waals surface area contributed by atoms with Gasteiger partial charge in [0.05, 0.1) is 13.7 Å². The number of aromatic amines is 1. The largest absolute Gasteiger partial charge is 0.496 e. The third-order valence-electron chi connectivity index (χ3n) is 5.04. The highest BCUT2D eigenvalue weighted by Gasteiger charge is 2.27. The number of nitrogens with zero attached hydrogens (tertiary/aromatic N) is 1. The van der Waals surface area contributed by atoms with Gasteiger partial charge in [0.15, 0.2) is 0 Å². The molecule has 0 bridgehead atoms. The summed E-state index contributed by atoms with van der Waals surface area (Å²) in [5.74, 6) is 0.710. The quantitative estimate of drug-likeness (QED) is 0.421. The van der Waals surface area contributed by atoms with Crippen molar-refractivity contribution in [3.63, 3.8) is 0 Å². The summed E-state index contributed by atoms with van der Waals surface area (Å²) >= 11 is 2.95. The molecular formula is C22H22N2O4S2. The number of rotatable bonds is 4. The maximum Gasteiger partial charge on any atom is 0.408 e. The number of fused-ring (bicyclic) bond motifs is 3. The van der Waals surface area contributed by atoms with Gasteiger partial charge in [0.1, 0.15) is 10.4 Å². The summed E-state index contributed by atoms with van der Waals surface area (Å²) in [6, 6.07) is 9.61. The average molecular weight is 443 g/mol. The van der Waals surface area contributed by atoms with Crippen LogP contribution in [0.25, 0.3) is 31.4 Å². The van der Waals surface area contributed by atoms with Gasteiger partial charge in [-0.05, 0) is 56.5 Å². The van der Waals surface area contributed by atoms with Crippen molar-refractivity contribution >= 4 is 49.8 Å². The summed E-state index contributed by atoms with van der Waals surface area (Å²) in [6.07, 6.45) is -0.947. The summed E-state index contributed by atoms with van der Waals surface area (Å²) in [6.45, 7) is 5.95. The highest BCUT2D eigenvalue weighted by molar-refractivity contribution is 7.17. The Bertz CT molecular complexity index is 1310. The van der Waals surface area contributed by atoms with E-state index in [0.717, 1.165) is 31.6 Å². The van der Waals surface area contributed by atoms with E-state index in [-0.39, 0.29) is 5.56 Å². The van der Waals surface area contributed by atoms with Crippen molar-refractivity contribution in [2.45, 2.75) is 32.9 Å². The summed E-state index contributed by atoms with van der Waals surface area (Å²) in [4.78, 5) is 30.4. The Morgan fingerprint density at radius 3 is 2.63 bits per heavy atom. The van der Waals surface area contributed by atoms with Crippen LogP contribution in [-0.4, -0.2) is 33.7 Å². The van der Waals surface area contributed by atoms with Gasteiger partial charge in [-0.1, -0.05) is 0 Å². The van der Waals surface area contributed by atoms with Crippen LogP contribution in [0.15, 0.2) is 40.5 Å². The maximum atomic E-state index is 12.4. The Hall–Kier alpha value is -2.84. The lowest BCUT2D eigenvalue weighted by Gasteiger charge is -2.32. The summed E-state index contributed by atoms with van der Waals surface area (Å²) < 4.78 is 6.34. The fraction of sp³-hybridized carbons (Fsp3) is 0.273. The van der Waals surface area contributed by atoms with E-state index in [2.05, 4.69) is 4.98 Å². The standard InChI is InChI=1S/C22H22N2O4S2/c1-22(2,3)24(21(26)27)11-12-5-8-16(30-12)18-15(28-4)7-6-14-17(18)13-9-10-29-19(13)20(25)23-14/h5-10H,11H2,1-4H3,(H,23,25)(H,26,27). The lowest BCUT2D eigenvalue weighted by Crippen LogP contribution is -2.44. The molecule has 0 saturated heterocycles. The second-order valence-electron chi connectivity index (χ2n) is 7.99. The van der Waals surface area contributed by atoms with Crippen LogP contribution in [0.5, 0.6) is 5.75 Å². The van der Waals surface area contributed by atoms with Crippen molar-refractivity contribution in [2.75, 3.05) is 7.11 Å². The van der Waals surface area contributed by atoms with Crippen molar-refractivity contribution in [3.8, 4) is 16.2 Å². The number of carbonyl (C=O) groups is 1. The number of pyridine rings is 1. The van der Waals surface area contributed by atoms with Crippen LogP contribution in [0.1, 0.15) is 25.6 Å². The summed E-state index contributed by atoms with van der Waals surface area (Å²) in [5, 5.41) is 13.4. The molecule has 0 fully saturated rings. The number of hydrogen-bond donors (Lipinski definition) is 2. The molecule has 1 amide bonds. The maximum absolute atomic E-state index is 12.4. The zero-order chi connectivity index (χ0) is 21.6. The minimum atomic E-state index is -0.947. The molecule has 0 radical (unpaired) electrons. The number of hydrogen-bond acceptors (Lipinski definition) is 5. The van der Waals surface area contributed by atoms with E-state index in [1.54, 1.807) is 7.11 Å². The van der Waals surface area contributed by atoms with E-state index in [9.17, 15) is 14.7 Å². The number of benzene rings is 1. The number of methoxy groups -OCH3 is 1. The molecule has 0 atom stereocenters. The second-order valence-corrected chi connectivity index (χ2v) is 10.1. The molecule has 6 nitrogen and oxygen atoms in total. The molecule has 4 rings (SSSR count). The van der Waals surface area contributed by atoms with Crippen LogP contribution < -0.4 is 10.3 Å². The predicted molar refractivity (Wildman–Crippen MR) is 123 cm³/mol. The van der Waals surface area contributed by atoms with Crippen LogP contribution in [0, 0.1) is 0 Å². The first kappa shape index (κ1) is 20.4. The Balaban J connectivity index is 1.89. The van der Waals surface area contributed by atoms with Crippen molar-refractivity contribution < 1.29 is 14.6 Å². The molecule has 0 saturated carbocycles. The zero-order valence-corrected chi connectivity index (χ0v) is 18.7. The molecule has 3 heterocycles. The number of amides is 1. The van der Waals surface area contributed by atoms with E-state index in [0.29, 0.717) is 17.0 Å². The molecule has 3 aromatic heterocycles. The number of nitrogens with one attached hydrogen (secondary N) is 1. The van der Waals surface area contributed by atoms with E-state index in [1.165, 1.54) is 27.6 Å². The van der Waals surface area contributed by atoms with Crippen LogP contribution >= 0.6 is 22.7 Å². The predicted octanol–water partition coefficient (Wildman–Crippen LogP) is 5.76. The molecular weight excluding hydrogens is 420 g/mol. The van der Waals surface area contributed by atoms with Gasteiger partial charge in [-0.2, -0.15) is 0 Å². The molecule has 4 aromatic rings. The smallest absolute Gasteiger partial charge is 0.408 e. The second kappa shape index (κ2) is 7.45. The number of carboxylic acid groups (broad SMARTS) is 1. The molecule has 0 unspecified atom stereocenters. The van der Waals surface area contributed by atoms with Gasteiger partial charge in [-0.25, -0.2) is 4.79 Å². The van der Waals surface area contributed by atoms with Crippen molar-refractivity contribution in [3.05, 3.63) is 50.9 Å². The third-order valence-corrected chi connectivity index (χ3v) is 7.04. The highest BCUT2D eigenvalue weighted by atomic mass is 32.1. The minimum absolute atomic E-state index is 0.0993. The minimum Gasteiger partial charge on any atom is -0.496 e. The molecule has 0 spiro atoms. The molecule has 2 N–H and O–H groups in total. The van der Waals surface area contributed by atoms with Crippen molar-refractivity contribution in [1.29, 1.82) is 0 Å². The van der Waals surface area contributed by atoms with Crippen LogP contribution in [0.3, 0.4) is 0 Å². The Morgan fingerprint density at radius 1 is 1.20 bits per heavy atom. The Labute approximate surface area is 181 Å². The van der Waals surface area contributed by atoms with E-state index in [1.807, 2.05) is 56.5 Å². The molecule has 8 heteroatoms. The summed E-state index contributed by atoms with van der Waals surface area (Å²) in [7, 11) is 1.63.